The summed E-state index contributed by atoms with van der Waals surface area (Å²) < 4.78 is 7.32. The molecule has 0 aliphatic rings. The van der Waals surface area contributed by atoms with E-state index in [1.807, 2.05) is 54.6 Å². The number of thioether (sulfide) groups is 1. The van der Waals surface area contributed by atoms with Crippen molar-refractivity contribution >= 4 is 17.7 Å². The van der Waals surface area contributed by atoms with Crippen LogP contribution in [-0.4, -0.2) is 46.8 Å². The van der Waals surface area contributed by atoms with Crippen molar-refractivity contribution in [2.45, 2.75) is 30.3 Å². The van der Waals surface area contributed by atoms with E-state index >= 15 is 0 Å². The molecule has 0 radical (unpaired) electrons. The maximum absolute atomic E-state index is 12.9. The van der Waals surface area contributed by atoms with E-state index in [-0.39, 0.29) is 11.9 Å². The molecule has 152 valence electrons. The summed E-state index contributed by atoms with van der Waals surface area (Å²) in [5.41, 5.74) is 1.90. The summed E-state index contributed by atoms with van der Waals surface area (Å²) in [6, 6.07) is 17.7. The molecular weight excluding hydrogens is 384 g/mol. The number of ether oxygens (including phenoxy) is 1. The Morgan fingerprint density at radius 3 is 2.24 bits per heavy atom. The van der Waals surface area contributed by atoms with Crippen molar-refractivity contribution in [2.75, 3.05) is 21.2 Å². The lowest BCUT2D eigenvalue weighted by molar-refractivity contribution is -0.128. The van der Waals surface area contributed by atoms with Gasteiger partial charge in [-0.25, -0.2) is 0 Å². The summed E-state index contributed by atoms with van der Waals surface area (Å²) in [6.45, 7) is 4.18. The van der Waals surface area contributed by atoms with Gasteiger partial charge in [0.1, 0.15) is 11.0 Å². The van der Waals surface area contributed by atoms with E-state index in [1.165, 1.54) is 11.8 Å². The third-order valence-corrected chi connectivity index (χ3v) is 5.72. The van der Waals surface area contributed by atoms with Gasteiger partial charge in [0.05, 0.1) is 7.11 Å². The molecule has 1 atom stereocenters. The van der Waals surface area contributed by atoms with Crippen molar-refractivity contribution in [1.29, 1.82) is 0 Å². The molecule has 1 heterocycles. The molecule has 0 spiro atoms. The van der Waals surface area contributed by atoms with Crippen LogP contribution in [0.3, 0.4) is 0 Å². The number of carbonyl (C=O) groups excluding carboxylic acids is 1. The lowest BCUT2D eigenvalue weighted by Gasteiger charge is -2.21. The maximum atomic E-state index is 12.9. The lowest BCUT2D eigenvalue weighted by Crippen LogP contribution is -2.27. The minimum absolute atomic E-state index is 0.0190. The monoisotopic (exact) mass is 410 g/mol. The van der Waals surface area contributed by atoms with Crippen LogP contribution in [0.1, 0.15) is 30.7 Å². The third-order valence-electron chi connectivity index (χ3n) is 4.52. The minimum Gasteiger partial charge on any atom is -0.497 e. The first-order valence-electron chi connectivity index (χ1n) is 9.44. The standard InChI is InChI=1S/C22H26N4O2S/c1-15(2)26-20(17-11-13-18(28-5)14-12-17)23-24-22(26)29-19(21(27)25(3)4)16-9-7-6-8-10-16/h6-15,19H,1-5H3. The van der Waals surface area contributed by atoms with Crippen LogP contribution < -0.4 is 4.74 Å². The second-order valence-corrected chi connectivity index (χ2v) is 8.21. The summed E-state index contributed by atoms with van der Waals surface area (Å²) >= 11 is 1.43. The molecule has 6 nitrogen and oxygen atoms in total. The smallest absolute Gasteiger partial charge is 0.240 e. The number of aromatic nitrogens is 3. The van der Waals surface area contributed by atoms with E-state index in [0.717, 1.165) is 27.9 Å². The van der Waals surface area contributed by atoms with Gasteiger partial charge in [-0.3, -0.25) is 9.36 Å². The van der Waals surface area contributed by atoms with Gasteiger partial charge in [-0.15, -0.1) is 10.2 Å². The fourth-order valence-corrected chi connectivity index (χ4v) is 4.30. The normalized spacial score (nSPS) is 12.1. The van der Waals surface area contributed by atoms with Gasteiger partial charge in [-0.05, 0) is 43.7 Å². The van der Waals surface area contributed by atoms with Crippen LogP contribution in [0.4, 0.5) is 0 Å². The number of amides is 1. The highest BCUT2D eigenvalue weighted by molar-refractivity contribution is 8.00. The molecule has 0 N–H and O–H groups in total. The SMILES string of the molecule is COc1ccc(-c2nnc(SC(C(=O)N(C)C)c3ccccc3)n2C(C)C)cc1. The van der Waals surface area contributed by atoms with Gasteiger partial charge in [0.25, 0.3) is 0 Å². The van der Waals surface area contributed by atoms with E-state index in [4.69, 9.17) is 4.74 Å². The van der Waals surface area contributed by atoms with E-state index in [1.54, 1.807) is 26.1 Å². The fraction of sp³-hybridized carbons (Fsp3) is 0.318. The summed E-state index contributed by atoms with van der Waals surface area (Å²) in [7, 11) is 5.19. The van der Waals surface area contributed by atoms with Gasteiger partial charge in [-0.2, -0.15) is 0 Å². The molecule has 0 aliphatic heterocycles. The number of likely N-dealkylation sites (N-methyl/N-ethyl adjacent to an activating group) is 1. The van der Waals surface area contributed by atoms with Crippen LogP contribution in [0.5, 0.6) is 5.75 Å². The van der Waals surface area contributed by atoms with Crippen molar-refractivity contribution in [3.8, 4) is 17.1 Å². The number of nitrogens with zero attached hydrogens (tertiary/aromatic N) is 4. The highest BCUT2D eigenvalue weighted by atomic mass is 32.2. The van der Waals surface area contributed by atoms with E-state index in [9.17, 15) is 4.79 Å². The zero-order valence-corrected chi connectivity index (χ0v) is 18.2. The summed E-state index contributed by atoms with van der Waals surface area (Å²) in [4.78, 5) is 14.5. The first kappa shape index (κ1) is 20.9. The number of methoxy groups -OCH3 is 1. The molecule has 0 bridgehead atoms. The van der Waals surface area contributed by atoms with Gasteiger partial charge in [0, 0.05) is 25.7 Å². The Morgan fingerprint density at radius 1 is 1.03 bits per heavy atom. The highest BCUT2D eigenvalue weighted by Gasteiger charge is 2.27. The average Bonchev–Trinajstić information content (AvgIpc) is 3.16. The Hall–Kier alpha value is -2.80. The van der Waals surface area contributed by atoms with Crippen molar-refractivity contribution < 1.29 is 9.53 Å². The second kappa shape index (κ2) is 9.13. The lowest BCUT2D eigenvalue weighted by atomic mass is 10.1. The Bertz CT molecular complexity index is 953. The van der Waals surface area contributed by atoms with Crippen molar-refractivity contribution in [1.82, 2.24) is 19.7 Å². The first-order chi connectivity index (χ1) is 13.9. The quantitative estimate of drug-likeness (QED) is 0.538. The number of rotatable bonds is 7. The Kier molecular flexibility index (Phi) is 6.59. The molecule has 3 aromatic rings. The highest BCUT2D eigenvalue weighted by Crippen LogP contribution is 2.38. The number of benzene rings is 2. The molecule has 29 heavy (non-hydrogen) atoms. The van der Waals surface area contributed by atoms with E-state index in [0.29, 0.717) is 0 Å². The molecule has 1 amide bonds. The largest absolute Gasteiger partial charge is 0.497 e. The van der Waals surface area contributed by atoms with Gasteiger partial charge >= 0.3 is 0 Å². The van der Waals surface area contributed by atoms with Crippen molar-refractivity contribution in [3.63, 3.8) is 0 Å². The number of carbonyl (C=O) groups is 1. The first-order valence-corrected chi connectivity index (χ1v) is 10.3. The van der Waals surface area contributed by atoms with Gasteiger partial charge < -0.3 is 9.64 Å². The second-order valence-electron chi connectivity index (χ2n) is 7.14. The zero-order chi connectivity index (χ0) is 21.0. The molecule has 1 unspecified atom stereocenters. The van der Waals surface area contributed by atoms with Crippen LogP contribution in [0.15, 0.2) is 59.8 Å². The number of hydrogen-bond donors (Lipinski definition) is 0. The summed E-state index contributed by atoms with van der Waals surface area (Å²) in [6.07, 6.45) is 0. The van der Waals surface area contributed by atoms with E-state index in [2.05, 4.69) is 28.6 Å². The predicted octanol–water partition coefficient (Wildman–Crippen LogP) is 4.46. The molecule has 0 aliphatic carbocycles. The molecule has 3 rings (SSSR count). The van der Waals surface area contributed by atoms with Gasteiger partial charge in [0.2, 0.25) is 5.91 Å². The Morgan fingerprint density at radius 2 is 1.69 bits per heavy atom. The van der Waals surface area contributed by atoms with Crippen LogP contribution in [-0.2, 0) is 4.79 Å². The Balaban J connectivity index is 2.00. The van der Waals surface area contributed by atoms with Crippen LogP contribution in [0.2, 0.25) is 0 Å². The molecule has 7 heteroatoms. The predicted molar refractivity (Wildman–Crippen MR) is 116 cm³/mol. The molecular formula is C22H26N4O2S. The van der Waals surface area contributed by atoms with Crippen LogP contribution in [0.25, 0.3) is 11.4 Å². The topological polar surface area (TPSA) is 60.3 Å². The van der Waals surface area contributed by atoms with Crippen LogP contribution in [0, 0.1) is 0 Å². The van der Waals surface area contributed by atoms with Crippen molar-refractivity contribution in [3.05, 3.63) is 60.2 Å². The minimum atomic E-state index is -0.392. The summed E-state index contributed by atoms with van der Waals surface area (Å²) in [5, 5.41) is 9.20. The van der Waals surface area contributed by atoms with Gasteiger partial charge in [0.15, 0.2) is 11.0 Å². The van der Waals surface area contributed by atoms with Gasteiger partial charge in [-0.1, -0.05) is 42.1 Å². The zero-order valence-electron chi connectivity index (χ0n) is 17.4. The average molecular weight is 411 g/mol. The maximum Gasteiger partial charge on any atom is 0.240 e. The summed E-state index contributed by atoms with van der Waals surface area (Å²) in [5.74, 6) is 1.58. The van der Waals surface area contributed by atoms with Crippen molar-refractivity contribution in [2.24, 2.45) is 0 Å². The molecule has 0 saturated heterocycles. The Labute approximate surface area is 175 Å². The third kappa shape index (κ3) is 4.62. The molecule has 2 aromatic carbocycles. The fourth-order valence-electron chi connectivity index (χ4n) is 2.99. The van der Waals surface area contributed by atoms with E-state index < -0.39 is 5.25 Å². The molecule has 0 saturated carbocycles. The molecule has 1 aromatic heterocycles. The van der Waals surface area contributed by atoms with Crippen LogP contribution >= 0.6 is 11.8 Å². The number of hydrogen-bond acceptors (Lipinski definition) is 5. The molecule has 0 fully saturated rings.